The fourth-order valence-electron chi connectivity index (χ4n) is 4.37. The summed E-state index contributed by atoms with van der Waals surface area (Å²) in [5, 5.41) is 12.2. The first-order valence-electron chi connectivity index (χ1n) is 12.2. The summed E-state index contributed by atoms with van der Waals surface area (Å²) in [6.45, 7) is 8.49. The Morgan fingerprint density at radius 1 is 1.24 bits per heavy atom. The molecule has 0 atom stereocenters. The van der Waals surface area contributed by atoms with Crippen LogP contribution in [0.2, 0.25) is 0 Å². The van der Waals surface area contributed by atoms with E-state index in [-0.39, 0.29) is 6.61 Å². The number of methoxy groups -OCH3 is 1. The first-order chi connectivity index (χ1) is 17.9. The van der Waals surface area contributed by atoms with Crippen LogP contribution in [0.4, 0.5) is 11.5 Å². The highest BCUT2D eigenvalue weighted by atomic mass is 16.5. The number of ether oxygens (including phenoxy) is 2. The number of nitrogens with one attached hydrogen (secondary N) is 1. The number of carbonyl (C=O) groups is 1. The third-order valence-corrected chi connectivity index (χ3v) is 6.45. The predicted octanol–water partition coefficient (Wildman–Crippen LogP) is 4.50. The standard InChI is InChI=1S/C26H29N7O4/c1-6-36-26(34)18-11-27-10-9-20(18)29-24-21(35-5)12-28-25(30-24)22-14(2)23(17-7-8-17)33(31-22)13-19-15(3)32-37-16(19)4/h9-12,17H,6-8,13H2,1-5H3,(H,27,28,29,30). The van der Waals surface area contributed by atoms with Crippen molar-refractivity contribution in [1.29, 1.82) is 0 Å². The van der Waals surface area contributed by atoms with Gasteiger partial charge < -0.3 is 19.3 Å². The molecule has 37 heavy (non-hydrogen) atoms. The zero-order valence-corrected chi connectivity index (χ0v) is 21.5. The van der Waals surface area contributed by atoms with Gasteiger partial charge in [-0.3, -0.25) is 9.67 Å². The molecule has 0 unspecified atom stereocenters. The van der Waals surface area contributed by atoms with E-state index < -0.39 is 5.97 Å². The van der Waals surface area contributed by atoms with Crippen LogP contribution in [0, 0.1) is 20.8 Å². The van der Waals surface area contributed by atoms with Crippen molar-refractivity contribution in [3.8, 4) is 17.3 Å². The van der Waals surface area contributed by atoms with E-state index in [4.69, 9.17) is 24.1 Å². The van der Waals surface area contributed by atoms with Gasteiger partial charge in [0.05, 0.1) is 37.8 Å². The molecule has 0 amide bonds. The second kappa shape index (κ2) is 10.00. The lowest BCUT2D eigenvalue weighted by Gasteiger charge is -2.13. The van der Waals surface area contributed by atoms with Gasteiger partial charge in [0, 0.05) is 35.1 Å². The Morgan fingerprint density at radius 3 is 2.73 bits per heavy atom. The Bertz CT molecular complexity index is 1440. The smallest absolute Gasteiger partial charge is 0.341 e. The highest BCUT2D eigenvalue weighted by Crippen LogP contribution is 2.44. The van der Waals surface area contributed by atoms with Gasteiger partial charge in [0.2, 0.25) is 0 Å². The maximum atomic E-state index is 12.4. The summed E-state index contributed by atoms with van der Waals surface area (Å²) < 4.78 is 18.1. The summed E-state index contributed by atoms with van der Waals surface area (Å²) in [7, 11) is 1.54. The molecule has 5 rings (SSSR count). The number of nitrogens with zero attached hydrogens (tertiary/aromatic N) is 6. The number of aromatic nitrogens is 6. The van der Waals surface area contributed by atoms with E-state index in [1.54, 1.807) is 25.4 Å². The second-order valence-electron chi connectivity index (χ2n) is 8.97. The molecule has 0 aromatic carbocycles. The lowest BCUT2D eigenvalue weighted by atomic mass is 10.1. The topological polar surface area (TPSA) is 130 Å². The van der Waals surface area contributed by atoms with Crippen molar-refractivity contribution in [3.05, 3.63) is 58.5 Å². The summed E-state index contributed by atoms with van der Waals surface area (Å²) in [5.41, 5.74) is 5.59. The normalized spacial score (nSPS) is 13.0. The number of hydrogen-bond donors (Lipinski definition) is 1. The summed E-state index contributed by atoms with van der Waals surface area (Å²) in [4.78, 5) is 25.8. The van der Waals surface area contributed by atoms with Crippen LogP contribution in [0.3, 0.4) is 0 Å². The van der Waals surface area contributed by atoms with Gasteiger partial charge in [0.25, 0.3) is 0 Å². The molecule has 4 heterocycles. The van der Waals surface area contributed by atoms with Crippen LogP contribution in [-0.2, 0) is 11.3 Å². The molecule has 0 aliphatic heterocycles. The molecule has 4 aromatic heterocycles. The predicted molar refractivity (Wildman–Crippen MR) is 135 cm³/mol. The van der Waals surface area contributed by atoms with Crippen molar-refractivity contribution in [1.82, 2.24) is 29.9 Å². The largest absolute Gasteiger partial charge is 0.491 e. The van der Waals surface area contributed by atoms with Gasteiger partial charge in [0.15, 0.2) is 17.4 Å². The van der Waals surface area contributed by atoms with Gasteiger partial charge in [-0.2, -0.15) is 5.10 Å². The first-order valence-corrected chi connectivity index (χ1v) is 12.2. The van der Waals surface area contributed by atoms with E-state index in [0.29, 0.717) is 46.8 Å². The molecule has 11 heteroatoms. The summed E-state index contributed by atoms with van der Waals surface area (Å²) in [5.74, 6) is 2.04. The molecule has 1 aliphatic rings. The average molecular weight is 504 g/mol. The molecule has 0 radical (unpaired) electrons. The van der Waals surface area contributed by atoms with Gasteiger partial charge in [-0.15, -0.1) is 0 Å². The van der Waals surface area contributed by atoms with Crippen LogP contribution in [-0.4, -0.2) is 49.6 Å². The third-order valence-electron chi connectivity index (χ3n) is 6.45. The highest BCUT2D eigenvalue weighted by molar-refractivity contribution is 5.96. The summed E-state index contributed by atoms with van der Waals surface area (Å²) in [6.07, 6.45) is 6.89. The number of pyridine rings is 1. The number of carbonyl (C=O) groups excluding carboxylic acids is 1. The molecular weight excluding hydrogens is 474 g/mol. The fraction of sp³-hybridized carbons (Fsp3) is 0.385. The van der Waals surface area contributed by atoms with E-state index in [0.717, 1.165) is 35.4 Å². The van der Waals surface area contributed by atoms with Crippen LogP contribution in [0.25, 0.3) is 11.5 Å². The monoisotopic (exact) mass is 503 g/mol. The molecule has 0 spiro atoms. The minimum atomic E-state index is -0.477. The lowest BCUT2D eigenvalue weighted by molar-refractivity contribution is 0.0527. The van der Waals surface area contributed by atoms with Gasteiger partial charge in [-0.1, -0.05) is 5.16 Å². The van der Waals surface area contributed by atoms with Crippen LogP contribution in [0.15, 0.2) is 29.2 Å². The van der Waals surface area contributed by atoms with E-state index >= 15 is 0 Å². The minimum Gasteiger partial charge on any atom is -0.491 e. The maximum Gasteiger partial charge on any atom is 0.341 e. The summed E-state index contributed by atoms with van der Waals surface area (Å²) >= 11 is 0. The number of rotatable bonds is 9. The molecule has 11 nitrogen and oxygen atoms in total. The van der Waals surface area contributed by atoms with Crippen LogP contribution >= 0.6 is 0 Å². The second-order valence-corrected chi connectivity index (χ2v) is 8.97. The van der Waals surface area contributed by atoms with Crippen LogP contribution < -0.4 is 10.1 Å². The van der Waals surface area contributed by atoms with Crippen molar-refractivity contribution < 1.29 is 18.8 Å². The Labute approximate surface area is 214 Å². The van der Waals surface area contributed by atoms with Crippen molar-refractivity contribution in [2.45, 2.75) is 53.0 Å². The van der Waals surface area contributed by atoms with Crippen LogP contribution in [0.1, 0.15) is 64.3 Å². The van der Waals surface area contributed by atoms with Crippen LogP contribution in [0.5, 0.6) is 5.75 Å². The van der Waals surface area contributed by atoms with Gasteiger partial charge >= 0.3 is 5.97 Å². The minimum absolute atomic E-state index is 0.257. The molecule has 1 aliphatic carbocycles. The SMILES string of the molecule is CCOC(=O)c1cnccc1Nc1nc(-c2nn(Cc3c(C)noc3C)c(C3CC3)c2C)ncc1OC. The molecule has 0 saturated heterocycles. The number of hydrogen-bond acceptors (Lipinski definition) is 10. The molecule has 4 aromatic rings. The molecule has 0 bridgehead atoms. The summed E-state index contributed by atoms with van der Waals surface area (Å²) in [6, 6.07) is 1.68. The highest BCUT2D eigenvalue weighted by Gasteiger charge is 2.32. The maximum absolute atomic E-state index is 12.4. The molecular formula is C26H29N7O4. The zero-order valence-electron chi connectivity index (χ0n) is 21.5. The third kappa shape index (κ3) is 4.76. The fourth-order valence-corrected chi connectivity index (χ4v) is 4.37. The van der Waals surface area contributed by atoms with Gasteiger partial charge in [0.1, 0.15) is 17.0 Å². The first kappa shape index (κ1) is 24.4. The molecule has 192 valence electrons. The average Bonchev–Trinajstić information content (AvgIpc) is 3.61. The molecule has 1 saturated carbocycles. The Hall–Kier alpha value is -4.28. The molecule has 1 fully saturated rings. The number of esters is 1. The molecule has 1 N–H and O–H groups in total. The lowest BCUT2D eigenvalue weighted by Crippen LogP contribution is -2.10. The van der Waals surface area contributed by atoms with E-state index in [1.807, 2.05) is 18.5 Å². The number of aryl methyl sites for hydroxylation is 2. The van der Waals surface area contributed by atoms with E-state index in [2.05, 4.69) is 27.4 Å². The quantitative estimate of drug-likeness (QED) is 0.326. The van der Waals surface area contributed by atoms with Crippen molar-refractivity contribution in [2.24, 2.45) is 0 Å². The number of anilines is 2. The zero-order chi connectivity index (χ0) is 26.1. The van der Waals surface area contributed by atoms with Crippen molar-refractivity contribution >= 4 is 17.5 Å². The van der Waals surface area contributed by atoms with Gasteiger partial charge in [-0.25, -0.2) is 14.8 Å². The van der Waals surface area contributed by atoms with Crippen molar-refractivity contribution in [3.63, 3.8) is 0 Å². The van der Waals surface area contributed by atoms with E-state index in [9.17, 15) is 4.79 Å². The van der Waals surface area contributed by atoms with E-state index in [1.165, 1.54) is 19.0 Å². The van der Waals surface area contributed by atoms with Gasteiger partial charge in [-0.05, 0) is 46.6 Å². The van der Waals surface area contributed by atoms with Crippen molar-refractivity contribution in [2.75, 3.05) is 19.0 Å². The Morgan fingerprint density at radius 2 is 2.05 bits per heavy atom. The Kier molecular flexibility index (Phi) is 6.60. The Balaban J connectivity index is 1.54.